The number of aromatic hydroxyl groups is 1. The van der Waals surface area contributed by atoms with Crippen molar-refractivity contribution in [3.8, 4) is 5.75 Å². The molecule has 0 saturated carbocycles. The van der Waals surface area contributed by atoms with Crippen LogP contribution in [-0.2, 0) is 0 Å². The number of nitrogens with one attached hydrogen (secondary N) is 2. The third-order valence-corrected chi connectivity index (χ3v) is 4.87. The van der Waals surface area contributed by atoms with Gasteiger partial charge in [0.15, 0.2) is 0 Å². The number of hydrogen-bond donors (Lipinski definition) is 3. The van der Waals surface area contributed by atoms with E-state index in [1.807, 2.05) is 0 Å². The number of nitro groups is 1. The summed E-state index contributed by atoms with van der Waals surface area (Å²) in [6.07, 6.45) is 3.25. The minimum Gasteiger partial charge on any atom is -0.508 e. The number of phenols is 1. The number of benzene rings is 2. The van der Waals surface area contributed by atoms with Crippen LogP contribution in [0, 0.1) is 10.1 Å². The monoisotopic (exact) mass is 407 g/mol. The maximum absolute atomic E-state index is 11.9. The van der Waals surface area contributed by atoms with Gasteiger partial charge in [0.05, 0.1) is 16.0 Å². The van der Waals surface area contributed by atoms with Crippen LogP contribution in [0.5, 0.6) is 5.75 Å². The van der Waals surface area contributed by atoms with E-state index in [9.17, 15) is 20.0 Å². The van der Waals surface area contributed by atoms with Gasteiger partial charge in [0, 0.05) is 35.0 Å². The number of aromatic amines is 1. The van der Waals surface area contributed by atoms with Crippen molar-refractivity contribution in [3.05, 3.63) is 84.3 Å². The van der Waals surface area contributed by atoms with E-state index in [0.717, 1.165) is 11.3 Å². The molecule has 0 spiro atoms. The Morgan fingerprint density at radius 3 is 2.83 bits per heavy atom. The number of nitrogens with zero attached hydrogens (tertiary/aromatic N) is 3. The first-order valence-electron chi connectivity index (χ1n) is 8.37. The van der Waals surface area contributed by atoms with Gasteiger partial charge in [-0.15, -0.1) is 5.10 Å². The zero-order chi connectivity index (χ0) is 20.4. The Balaban J connectivity index is 1.68. The number of rotatable bonds is 5. The molecule has 3 aromatic rings. The summed E-state index contributed by atoms with van der Waals surface area (Å²) in [7, 11) is 0. The first kappa shape index (κ1) is 18.3. The van der Waals surface area contributed by atoms with E-state index in [0.29, 0.717) is 33.2 Å². The van der Waals surface area contributed by atoms with Gasteiger partial charge < -0.3 is 10.4 Å². The third-order valence-electron chi connectivity index (χ3n) is 4.04. The van der Waals surface area contributed by atoms with E-state index in [-0.39, 0.29) is 16.3 Å². The average Bonchev–Trinajstić information content (AvgIpc) is 3.28. The molecule has 1 aromatic heterocycles. The van der Waals surface area contributed by atoms with E-state index in [4.69, 9.17) is 0 Å². The van der Waals surface area contributed by atoms with Gasteiger partial charge in [0.1, 0.15) is 17.3 Å². The van der Waals surface area contributed by atoms with Crippen LogP contribution in [0.15, 0.2) is 69.1 Å². The Hall–Kier alpha value is -4.05. The summed E-state index contributed by atoms with van der Waals surface area (Å²) in [4.78, 5) is 25.5. The molecule has 29 heavy (non-hydrogen) atoms. The predicted octanol–water partition coefficient (Wildman–Crippen LogP) is 3.67. The molecule has 144 valence electrons. The maximum atomic E-state index is 11.9. The SMILES string of the molecule is O=c1[nH]c(Nc2cccc(O)c2)c(/C=C2/C=NN=C2c2cccc([N+](=O)[O-])c2)s1. The van der Waals surface area contributed by atoms with Crippen molar-refractivity contribution in [2.45, 2.75) is 0 Å². The number of H-pyrrole nitrogens is 1. The minimum absolute atomic E-state index is 0.0472. The third kappa shape index (κ3) is 3.96. The fourth-order valence-electron chi connectivity index (χ4n) is 2.77. The Labute approximate surface area is 167 Å². The van der Waals surface area contributed by atoms with E-state index in [2.05, 4.69) is 20.5 Å². The van der Waals surface area contributed by atoms with Gasteiger partial charge in [-0.1, -0.05) is 29.5 Å². The van der Waals surface area contributed by atoms with Crippen molar-refractivity contribution in [2.75, 3.05) is 5.32 Å². The Bertz CT molecular complexity index is 1260. The second-order valence-corrected chi connectivity index (χ2v) is 7.04. The highest BCUT2D eigenvalue weighted by Gasteiger charge is 2.18. The van der Waals surface area contributed by atoms with E-state index in [1.54, 1.807) is 36.4 Å². The summed E-state index contributed by atoms with van der Waals surface area (Å²) in [5.41, 5.74) is 2.19. The molecule has 0 bridgehead atoms. The number of thiazole rings is 1. The van der Waals surface area contributed by atoms with Crippen molar-refractivity contribution in [2.24, 2.45) is 10.2 Å². The van der Waals surface area contributed by atoms with E-state index < -0.39 is 4.92 Å². The standard InChI is InChI=1S/C19H13N5O4S/c25-15-6-2-4-13(9-15)21-18-16(29-19(26)22-18)8-12-10-20-23-17(12)11-3-1-5-14(7-11)24(27)28/h1-10,21,25H,(H,22,26)/b12-8-. The van der Waals surface area contributed by atoms with Crippen LogP contribution in [0.2, 0.25) is 0 Å². The van der Waals surface area contributed by atoms with Crippen LogP contribution >= 0.6 is 11.3 Å². The molecule has 1 aliphatic heterocycles. The second-order valence-electron chi connectivity index (χ2n) is 6.03. The fourth-order valence-corrected chi connectivity index (χ4v) is 3.51. The van der Waals surface area contributed by atoms with Gasteiger partial charge in [-0.2, -0.15) is 5.10 Å². The first-order valence-corrected chi connectivity index (χ1v) is 9.18. The molecule has 1 aliphatic rings. The highest BCUT2D eigenvalue weighted by atomic mass is 32.1. The lowest BCUT2D eigenvalue weighted by Crippen LogP contribution is -2.03. The fraction of sp³-hybridized carbons (Fsp3) is 0. The first-order chi connectivity index (χ1) is 14.0. The van der Waals surface area contributed by atoms with Crippen LogP contribution in [0.25, 0.3) is 6.08 Å². The van der Waals surface area contributed by atoms with E-state index >= 15 is 0 Å². The molecule has 0 unspecified atom stereocenters. The number of hydrogen-bond acceptors (Lipinski definition) is 8. The second kappa shape index (κ2) is 7.52. The van der Waals surface area contributed by atoms with Gasteiger partial charge in [-0.25, -0.2) is 0 Å². The van der Waals surface area contributed by atoms with Crippen LogP contribution in [0.3, 0.4) is 0 Å². The molecule has 3 N–H and O–H groups in total. The highest BCUT2D eigenvalue weighted by Crippen LogP contribution is 2.27. The maximum Gasteiger partial charge on any atom is 0.306 e. The molecule has 9 nitrogen and oxygen atoms in total. The number of anilines is 2. The topological polar surface area (TPSA) is 133 Å². The molecule has 0 fully saturated rings. The summed E-state index contributed by atoms with van der Waals surface area (Å²) in [6.45, 7) is 0. The van der Waals surface area contributed by atoms with Gasteiger partial charge in [-0.05, 0) is 18.2 Å². The molecule has 0 aliphatic carbocycles. The zero-order valence-electron chi connectivity index (χ0n) is 14.7. The average molecular weight is 407 g/mol. The molecular weight excluding hydrogens is 394 g/mol. The molecular formula is C19H13N5O4S. The van der Waals surface area contributed by atoms with Gasteiger partial charge in [-0.3, -0.25) is 19.9 Å². The molecule has 0 atom stereocenters. The van der Waals surface area contributed by atoms with Gasteiger partial charge in [0.2, 0.25) is 0 Å². The minimum atomic E-state index is -0.474. The van der Waals surface area contributed by atoms with Crippen molar-refractivity contribution >= 4 is 46.5 Å². The van der Waals surface area contributed by atoms with Crippen molar-refractivity contribution in [3.63, 3.8) is 0 Å². The molecule has 4 rings (SSSR count). The van der Waals surface area contributed by atoms with Crippen LogP contribution in [-0.4, -0.2) is 26.9 Å². The quantitative estimate of drug-likeness (QED) is 0.438. The molecule has 10 heteroatoms. The normalized spacial score (nSPS) is 14.2. The van der Waals surface area contributed by atoms with E-state index in [1.165, 1.54) is 24.4 Å². The summed E-state index contributed by atoms with van der Waals surface area (Å²) in [5, 5.41) is 31.7. The van der Waals surface area contributed by atoms with Crippen molar-refractivity contribution in [1.29, 1.82) is 0 Å². The lowest BCUT2D eigenvalue weighted by Gasteiger charge is -2.06. The van der Waals surface area contributed by atoms with Gasteiger partial charge >= 0.3 is 4.87 Å². The van der Waals surface area contributed by atoms with Crippen molar-refractivity contribution < 1.29 is 10.0 Å². The lowest BCUT2D eigenvalue weighted by molar-refractivity contribution is -0.384. The summed E-state index contributed by atoms with van der Waals surface area (Å²) in [5.74, 6) is 0.548. The highest BCUT2D eigenvalue weighted by molar-refractivity contribution is 7.10. The number of allylic oxidation sites excluding steroid dienone is 1. The molecule has 2 aromatic carbocycles. The largest absolute Gasteiger partial charge is 0.508 e. The number of non-ortho nitro benzene ring substituents is 1. The molecule has 2 heterocycles. The predicted molar refractivity (Wildman–Crippen MR) is 112 cm³/mol. The van der Waals surface area contributed by atoms with Crippen LogP contribution in [0.4, 0.5) is 17.2 Å². The van der Waals surface area contributed by atoms with Gasteiger partial charge in [0.25, 0.3) is 5.69 Å². The molecule has 0 saturated heterocycles. The number of aromatic nitrogens is 1. The number of nitro benzene ring substituents is 1. The van der Waals surface area contributed by atoms with Crippen LogP contribution in [0.1, 0.15) is 10.4 Å². The summed E-state index contributed by atoms with van der Waals surface area (Å²) >= 11 is 0.993. The van der Waals surface area contributed by atoms with Crippen LogP contribution < -0.4 is 10.2 Å². The molecule has 0 amide bonds. The number of phenolic OH excluding ortho intramolecular Hbond substituents is 1. The molecule has 0 radical (unpaired) electrons. The Morgan fingerprint density at radius 2 is 2.03 bits per heavy atom. The smallest absolute Gasteiger partial charge is 0.306 e. The summed E-state index contributed by atoms with van der Waals surface area (Å²) in [6, 6.07) is 12.6. The summed E-state index contributed by atoms with van der Waals surface area (Å²) < 4.78 is 0. The Kier molecular flexibility index (Phi) is 4.75. The Morgan fingerprint density at radius 1 is 1.21 bits per heavy atom. The van der Waals surface area contributed by atoms with Crippen molar-refractivity contribution in [1.82, 2.24) is 4.98 Å². The lowest BCUT2D eigenvalue weighted by atomic mass is 10.0. The zero-order valence-corrected chi connectivity index (χ0v) is 15.5.